The summed E-state index contributed by atoms with van der Waals surface area (Å²) in [5.74, 6) is 0.294. The van der Waals surface area contributed by atoms with Crippen molar-refractivity contribution in [2.45, 2.75) is 0 Å². The highest BCUT2D eigenvalue weighted by Gasteiger charge is 2.16. The smallest absolute Gasteiger partial charge is 0.445 e. The van der Waals surface area contributed by atoms with E-state index in [-0.39, 0.29) is 0 Å². The largest absolute Gasteiger partial charge is 0.502 e. The van der Waals surface area contributed by atoms with Crippen molar-refractivity contribution in [3.63, 3.8) is 0 Å². The summed E-state index contributed by atoms with van der Waals surface area (Å²) >= 11 is 1.38. The third kappa shape index (κ3) is 3.27. The summed E-state index contributed by atoms with van der Waals surface area (Å²) in [5, 5.41) is 3.40. The van der Waals surface area contributed by atoms with Crippen molar-refractivity contribution in [3.05, 3.63) is 28.4 Å². The molecule has 0 radical (unpaired) electrons. The van der Waals surface area contributed by atoms with Gasteiger partial charge in [-0.05, 0) is 22.4 Å². The molecular formula is C6H5BF3S-. The molecule has 0 saturated carbocycles. The Balaban J connectivity index is 2.63. The van der Waals surface area contributed by atoms with Gasteiger partial charge in [0.05, 0.1) is 0 Å². The Kier molecular flexibility index (Phi) is 2.39. The fourth-order valence-electron chi connectivity index (χ4n) is 0.590. The molecule has 0 unspecified atom stereocenters. The molecule has 0 aliphatic rings. The predicted molar refractivity (Wildman–Crippen MR) is 42.4 cm³/mol. The normalized spacial score (nSPS) is 12.6. The first kappa shape index (κ1) is 8.39. The van der Waals surface area contributed by atoms with Crippen LogP contribution in [-0.2, 0) is 0 Å². The van der Waals surface area contributed by atoms with Crippen LogP contribution in [-0.4, -0.2) is 6.98 Å². The van der Waals surface area contributed by atoms with E-state index in [1.54, 1.807) is 16.8 Å². The Morgan fingerprint density at radius 2 is 2.09 bits per heavy atom. The lowest BCUT2D eigenvalue weighted by atomic mass is 9.91. The zero-order valence-electron chi connectivity index (χ0n) is 5.51. The van der Waals surface area contributed by atoms with Crippen LogP contribution in [0.25, 0.3) is 6.08 Å². The molecule has 1 heterocycles. The minimum Gasteiger partial charge on any atom is -0.445 e. The van der Waals surface area contributed by atoms with Crippen LogP contribution in [0.2, 0.25) is 0 Å². The molecule has 0 aliphatic carbocycles. The summed E-state index contributed by atoms with van der Waals surface area (Å²) in [6.45, 7) is -4.78. The van der Waals surface area contributed by atoms with E-state index in [0.717, 1.165) is 6.08 Å². The van der Waals surface area contributed by atoms with Crippen molar-refractivity contribution in [3.8, 4) is 0 Å². The van der Waals surface area contributed by atoms with E-state index in [0.29, 0.717) is 11.5 Å². The summed E-state index contributed by atoms with van der Waals surface area (Å²) in [5.41, 5.74) is 0.606. The lowest BCUT2D eigenvalue weighted by molar-refractivity contribution is 0.499. The first-order valence-corrected chi connectivity index (χ1v) is 3.93. The zero-order chi connectivity index (χ0) is 8.32. The number of thiophene rings is 1. The average molecular weight is 177 g/mol. The van der Waals surface area contributed by atoms with Crippen molar-refractivity contribution in [1.82, 2.24) is 0 Å². The van der Waals surface area contributed by atoms with Crippen molar-refractivity contribution in [2.24, 2.45) is 0 Å². The highest BCUT2D eigenvalue weighted by molar-refractivity contribution is 7.08. The van der Waals surface area contributed by atoms with Gasteiger partial charge in [0.2, 0.25) is 0 Å². The molecular weight excluding hydrogens is 172 g/mol. The summed E-state index contributed by atoms with van der Waals surface area (Å²) < 4.78 is 34.9. The number of halogens is 3. The summed E-state index contributed by atoms with van der Waals surface area (Å²) in [4.78, 5) is 0. The van der Waals surface area contributed by atoms with Gasteiger partial charge in [0.15, 0.2) is 0 Å². The summed E-state index contributed by atoms with van der Waals surface area (Å²) in [6.07, 6.45) is 1.08. The van der Waals surface area contributed by atoms with E-state index in [1.807, 2.05) is 0 Å². The molecule has 60 valence electrons. The van der Waals surface area contributed by atoms with Gasteiger partial charge in [-0.15, -0.1) is 5.98 Å². The monoisotopic (exact) mass is 177 g/mol. The van der Waals surface area contributed by atoms with E-state index in [1.165, 1.54) is 11.3 Å². The minimum absolute atomic E-state index is 0.294. The summed E-state index contributed by atoms with van der Waals surface area (Å²) in [6, 6.07) is 1.64. The van der Waals surface area contributed by atoms with E-state index >= 15 is 0 Å². The number of hydrogen-bond acceptors (Lipinski definition) is 1. The van der Waals surface area contributed by atoms with Gasteiger partial charge in [-0.25, -0.2) is 0 Å². The molecule has 0 N–H and O–H groups in total. The molecule has 0 nitrogen and oxygen atoms in total. The first-order valence-electron chi connectivity index (χ1n) is 2.99. The van der Waals surface area contributed by atoms with E-state index in [2.05, 4.69) is 0 Å². The van der Waals surface area contributed by atoms with Gasteiger partial charge in [0, 0.05) is 0 Å². The Morgan fingerprint density at radius 1 is 1.36 bits per heavy atom. The van der Waals surface area contributed by atoms with Crippen molar-refractivity contribution in [1.29, 1.82) is 0 Å². The molecule has 1 aromatic rings. The van der Waals surface area contributed by atoms with Crippen LogP contribution in [0.4, 0.5) is 12.9 Å². The SMILES string of the molecule is F[B-](F)(F)/C=C/c1ccsc1. The Labute approximate surface area is 66.4 Å². The molecule has 0 amide bonds. The highest BCUT2D eigenvalue weighted by Crippen LogP contribution is 2.14. The van der Waals surface area contributed by atoms with Crippen LogP contribution in [0.3, 0.4) is 0 Å². The van der Waals surface area contributed by atoms with Crippen LogP contribution in [0.1, 0.15) is 5.56 Å². The van der Waals surface area contributed by atoms with Crippen molar-refractivity contribution >= 4 is 24.4 Å². The quantitative estimate of drug-likeness (QED) is 0.608. The lowest BCUT2D eigenvalue weighted by Gasteiger charge is -2.05. The maximum Gasteiger partial charge on any atom is 0.502 e. The predicted octanol–water partition coefficient (Wildman–Crippen LogP) is 3.15. The molecule has 1 rings (SSSR count). The van der Waals surface area contributed by atoms with Gasteiger partial charge in [0.1, 0.15) is 0 Å². The van der Waals surface area contributed by atoms with Crippen LogP contribution in [0.15, 0.2) is 22.8 Å². The van der Waals surface area contributed by atoms with E-state index in [4.69, 9.17) is 0 Å². The van der Waals surface area contributed by atoms with Crippen LogP contribution >= 0.6 is 11.3 Å². The van der Waals surface area contributed by atoms with Gasteiger partial charge in [-0.3, -0.25) is 0 Å². The minimum atomic E-state index is -4.78. The van der Waals surface area contributed by atoms with Crippen LogP contribution in [0, 0.1) is 0 Å². The Morgan fingerprint density at radius 3 is 2.55 bits per heavy atom. The second-order valence-electron chi connectivity index (χ2n) is 2.04. The first-order chi connectivity index (χ1) is 5.08. The third-order valence-electron chi connectivity index (χ3n) is 1.05. The van der Waals surface area contributed by atoms with Gasteiger partial charge in [-0.1, -0.05) is 6.08 Å². The molecule has 0 fully saturated rings. The second-order valence-corrected chi connectivity index (χ2v) is 2.82. The second kappa shape index (κ2) is 3.13. The maximum atomic E-state index is 11.6. The third-order valence-corrected chi connectivity index (χ3v) is 1.75. The zero-order valence-corrected chi connectivity index (χ0v) is 6.32. The van der Waals surface area contributed by atoms with E-state index < -0.39 is 6.98 Å². The molecule has 0 aromatic carbocycles. The Hall–Kier alpha value is -0.705. The fourth-order valence-corrected chi connectivity index (χ4v) is 1.22. The number of hydrogen-bond donors (Lipinski definition) is 0. The van der Waals surface area contributed by atoms with Crippen molar-refractivity contribution < 1.29 is 12.9 Å². The summed E-state index contributed by atoms with van der Waals surface area (Å²) in [7, 11) is 0. The molecule has 0 bridgehead atoms. The van der Waals surface area contributed by atoms with Gasteiger partial charge in [-0.2, -0.15) is 11.3 Å². The molecule has 0 atom stereocenters. The van der Waals surface area contributed by atoms with E-state index in [9.17, 15) is 12.9 Å². The molecule has 1 aromatic heterocycles. The standard InChI is InChI=1S/C6H5BF3S/c8-7(9,10)3-1-6-2-4-11-5-6/h1-5H/q-1/b3-1+. The Bertz CT molecular complexity index is 237. The molecule has 5 heteroatoms. The van der Waals surface area contributed by atoms with Gasteiger partial charge in [0.25, 0.3) is 0 Å². The maximum absolute atomic E-state index is 11.6. The van der Waals surface area contributed by atoms with Gasteiger partial charge < -0.3 is 12.9 Å². The molecule has 0 saturated heterocycles. The molecule has 0 aliphatic heterocycles. The lowest BCUT2D eigenvalue weighted by Crippen LogP contribution is -2.09. The van der Waals surface area contributed by atoms with Crippen molar-refractivity contribution in [2.75, 3.05) is 0 Å². The average Bonchev–Trinajstić information content (AvgIpc) is 2.32. The molecule has 11 heavy (non-hydrogen) atoms. The fraction of sp³-hybridized carbons (Fsp3) is 0. The topological polar surface area (TPSA) is 0 Å². The number of rotatable bonds is 2. The van der Waals surface area contributed by atoms with Crippen LogP contribution in [0.5, 0.6) is 0 Å². The van der Waals surface area contributed by atoms with Crippen LogP contribution < -0.4 is 0 Å². The van der Waals surface area contributed by atoms with Gasteiger partial charge >= 0.3 is 6.98 Å². The highest BCUT2D eigenvalue weighted by atomic mass is 32.1. The molecule has 0 spiro atoms.